The van der Waals surface area contributed by atoms with Crippen molar-refractivity contribution in [1.82, 2.24) is 9.66 Å². The third kappa shape index (κ3) is 5.36. The van der Waals surface area contributed by atoms with E-state index in [2.05, 4.69) is 21.0 Å². The Bertz CT molecular complexity index is 2020. The molecule has 0 fully saturated rings. The SMILES string of the molecule is COc1cc(C=Nn2c(-c3cc4c(OC)cccc4o3)nc3ccccc3c2=O)c(Br)cc1OCc1ccc(Cl)cc1. The lowest BCUT2D eigenvalue weighted by Crippen LogP contribution is -2.20. The van der Waals surface area contributed by atoms with Gasteiger partial charge in [0, 0.05) is 15.1 Å². The molecule has 0 unspecified atom stereocenters. The highest BCUT2D eigenvalue weighted by Gasteiger charge is 2.18. The Kier molecular flexibility index (Phi) is 7.69. The molecular formula is C32H23BrClN3O5. The fourth-order valence-corrected chi connectivity index (χ4v) is 5.05. The predicted octanol–water partition coefficient (Wildman–Crippen LogP) is 7.70. The number of para-hydroxylation sites is 1. The molecule has 6 rings (SSSR count). The van der Waals surface area contributed by atoms with E-state index in [4.69, 9.17) is 35.2 Å². The van der Waals surface area contributed by atoms with Crippen LogP contribution in [0, 0.1) is 0 Å². The fraction of sp³-hybridized carbons (Fsp3) is 0.0938. The summed E-state index contributed by atoms with van der Waals surface area (Å²) in [5, 5.41) is 6.41. The van der Waals surface area contributed by atoms with Gasteiger partial charge in [0.15, 0.2) is 17.3 Å². The molecule has 0 saturated heterocycles. The van der Waals surface area contributed by atoms with E-state index in [1.807, 2.05) is 48.5 Å². The van der Waals surface area contributed by atoms with Gasteiger partial charge in [-0.05, 0) is 76.1 Å². The van der Waals surface area contributed by atoms with Crippen molar-refractivity contribution in [2.45, 2.75) is 6.61 Å². The van der Waals surface area contributed by atoms with Gasteiger partial charge in [0.25, 0.3) is 5.56 Å². The van der Waals surface area contributed by atoms with Gasteiger partial charge in [-0.25, -0.2) is 4.98 Å². The number of nitrogens with zero attached hydrogens (tertiary/aromatic N) is 3. The van der Waals surface area contributed by atoms with Crippen molar-refractivity contribution in [3.05, 3.63) is 116 Å². The summed E-state index contributed by atoms with van der Waals surface area (Å²) in [5.41, 5.74) is 2.40. The Morgan fingerprint density at radius 2 is 1.71 bits per heavy atom. The number of rotatable bonds is 8. The topological polar surface area (TPSA) is 88.1 Å². The van der Waals surface area contributed by atoms with Crippen LogP contribution in [0.2, 0.25) is 5.02 Å². The van der Waals surface area contributed by atoms with Crippen LogP contribution in [0.15, 0.2) is 104 Å². The Morgan fingerprint density at radius 3 is 2.50 bits per heavy atom. The van der Waals surface area contributed by atoms with Gasteiger partial charge in [-0.2, -0.15) is 9.78 Å². The number of methoxy groups -OCH3 is 2. The Morgan fingerprint density at radius 1 is 0.929 bits per heavy atom. The fourth-order valence-electron chi connectivity index (χ4n) is 4.50. The van der Waals surface area contributed by atoms with Crippen molar-refractivity contribution in [1.29, 1.82) is 0 Å². The molecular weight excluding hydrogens is 622 g/mol. The molecule has 0 N–H and O–H groups in total. The van der Waals surface area contributed by atoms with E-state index < -0.39 is 0 Å². The molecule has 0 amide bonds. The number of furan rings is 1. The van der Waals surface area contributed by atoms with Crippen molar-refractivity contribution in [3.63, 3.8) is 0 Å². The molecule has 42 heavy (non-hydrogen) atoms. The van der Waals surface area contributed by atoms with E-state index in [1.165, 1.54) is 4.68 Å². The quantitative estimate of drug-likeness (QED) is 0.158. The van der Waals surface area contributed by atoms with Crippen molar-refractivity contribution >= 4 is 55.6 Å². The Balaban J connectivity index is 1.40. The lowest BCUT2D eigenvalue weighted by Gasteiger charge is -2.13. The highest BCUT2D eigenvalue weighted by molar-refractivity contribution is 9.10. The maximum absolute atomic E-state index is 13.7. The van der Waals surface area contributed by atoms with Crippen LogP contribution in [0.4, 0.5) is 0 Å². The first-order valence-corrected chi connectivity index (χ1v) is 14.0. The normalized spacial score (nSPS) is 11.4. The van der Waals surface area contributed by atoms with E-state index in [-0.39, 0.29) is 11.4 Å². The average Bonchev–Trinajstić information content (AvgIpc) is 3.45. The summed E-state index contributed by atoms with van der Waals surface area (Å²) in [5.74, 6) is 2.31. The molecule has 0 atom stereocenters. The number of benzene rings is 4. The lowest BCUT2D eigenvalue weighted by atomic mass is 10.2. The van der Waals surface area contributed by atoms with Crippen molar-refractivity contribution in [2.24, 2.45) is 5.10 Å². The van der Waals surface area contributed by atoms with Crippen molar-refractivity contribution in [3.8, 4) is 28.8 Å². The number of ether oxygens (including phenoxy) is 3. The maximum Gasteiger partial charge on any atom is 0.282 e. The van der Waals surface area contributed by atoms with Gasteiger partial charge in [0.2, 0.25) is 5.82 Å². The minimum absolute atomic E-state index is 0.249. The number of hydrogen-bond donors (Lipinski definition) is 0. The minimum atomic E-state index is -0.342. The van der Waals surface area contributed by atoms with Gasteiger partial charge in [-0.3, -0.25) is 4.79 Å². The highest BCUT2D eigenvalue weighted by atomic mass is 79.9. The van der Waals surface area contributed by atoms with Gasteiger partial charge < -0.3 is 18.6 Å². The van der Waals surface area contributed by atoms with Crippen LogP contribution in [0.5, 0.6) is 17.2 Å². The first kappa shape index (κ1) is 27.6. The minimum Gasteiger partial charge on any atom is -0.496 e. The highest BCUT2D eigenvalue weighted by Crippen LogP contribution is 2.35. The third-order valence-corrected chi connectivity index (χ3v) is 7.56. The lowest BCUT2D eigenvalue weighted by molar-refractivity contribution is 0.284. The van der Waals surface area contributed by atoms with Crippen LogP contribution in [-0.2, 0) is 6.61 Å². The summed E-state index contributed by atoms with van der Waals surface area (Å²) in [6, 6.07) is 25.4. The van der Waals surface area contributed by atoms with E-state index in [1.54, 1.807) is 56.8 Å². The first-order valence-electron chi connectivity index (χ1n) is 12.8. The molecule has 210 valence electrons. The second-order valence-electron chi connectivity index (χ2n) is 9.24. The Hall–Kier alpha value is -4.60. The summed E-state index contributed by atoms with van der Waals surface area (Å²) in [6.07, 6.45) is 1.56. The second kappa shape index (κ2) is 11.7. The average molecular weight is 645 g/mol. The second-order valence-corrected chi connectivity index (χ2v) is 10.5. The standard InChI is InChI=1S/C32H23BrClN3O5/c1-39-26-8-5-9-27-23(26)15-30(42-27)31-36-25-7-4-3-6-22(25)32(38)37(31)35-17-20-14-28(40-2)29(16-24(20)33)41-18-19-10-12-21(34)13-11-19/h3-17H,18H2,1-2H3. The van der Waals surface area contributed by atoms with Gasteiger partial charge in [0.05, 0.1) is 36.7 Å². The number of hydrogen-bond acceptors (Lipinski definition) is 7. The van der Waals surface area contributed by atoms with Crippen LogP contribution in [-0.4, -0.2) is 30.1 Å². The zero-order chi connectivity index (χ0) is 29.2. The zero-order valence-corrected chi connectivity index (χ0v) is 24.8. The monoisotopic (exact) mass is 643 g/mol. The summed E-state index contributed by atoms with van der Waals surface area (Å²) >= 11 is 9.59. The van der Waals surface area contributed by atoms with E-state index >= 15 is 0 Å². The molecule has 0 aliphatic heterocycles. The van der Waals surface area contributed by atoms with Gasteiger partial charge in [-0.15, -0.1) is 0 Å². The van der Waals surface area contributed by atoms with Gasteiger partial charge in [0.1, 0.15) is 17.9 Å². The van der Waals surface area contributed by atoms with Crippen LogP contribution in [0.25, 0.3) is 33.5 Å². The molecule has 2 heterocycles. The molecule has 2 aromatic heterocycles. The molecule has 0 spiro atoms. The molecule has 4 aromatic carbocycles. The molecule has 0 radical (unpaired) electrons. The van der Waals surface area contributed by atoms with E-state index in [0.717, 1.165) is 10.9 Å². The molecule has 6 aromatic rings. The summed E-state index contributed by atoms with van der Waals surface area (Å²) in [7, 11) is 3.15. The van der Waals surface area contributed by atoms with Gasteiger partial charge in [-0.1, -0.05) is 41.9 Å². The third-order valence-electron chi connectivity index (χ3n) is 6.62. The molecule has 0 saturated carbocycles. The summed E-state index contributed by atoms with van der Waals surface area (Å²) in [6.45, 7) is 0.331. The van der Waals surface area contributed by atoms with Crippen LogP contribution in [0.3, 0.4) is 0 Å². The predicted molar refractivity (Wildman–Crippen MR) is 167 cm³/mol. The number of halogens is 2. The zero-order valence-electron chi connectivity index (χ0n) is 22.5. The molecule has 0 aliphatic rings. The van der Waals surface area contributed by atoms with Crippen LogP contribution < -0.4 is 19.8 Å². The number of aromatic nitrogens is 2. The molecule has 10 heteroatoms. The maximum atomic E-state index is 13.7. The van der Waals surface area contributed by atoms with Crippen molar-refractivity contribution in [2.75, 3.05) is 14.2 Å². The molecule has 0 aliphatic carbocycles. The Labute approximate surface area is 253 Å². The van der Waals surface area contributed by atoms with E-state index in [0.29, 0.717) is 61.2 Å². The largest absolute Gasteiger partial charge is 0.496 e. The smallest absolute Gasteiger partial charge is 0.282 e. The molecule has 0 bridgehead atoms. The van der Waals surface area contributed by atoms with Crippen LogP contribution in [0.1, 0.15) is 11.1 Å². The number of fused-ring (bicyclic) bond motifs is 2. The van der Waals surface area contributed by atoms with Crippen LogP contribution >= 0.6 is 27.5 Å². The molecule has 8 nitrogen and oxygen atoms in total. The van der Waals surface area contributed by atoms with E-state index in [9.17, 15) is 4.79 Å². The summed E-state index contributed by atoms with van der Waals surface area (Å²) < 4.78 is 25.1. The first-order chi connectivity index (χ1) is 20.4. The van der Waals surface area contributed by atoms with Gasteiger partial charge >= 0.3 is 0 Å². The summed E-state index contributed by atoms with van der Waals surface area (Å²) in [4.78, 5) is 18.4. The van der Waals surface area contributed by atoms with Crippen molar-refractivity contribution < 1.29 is 18.6 Å².